The molecule has 0 saturated carbocycles. The Labute approximate surface area is 561 Å². The molecule has 96 heavy (non-hydrogen) atoms. The number of nitrogens with one attached hydrogen (secondary N) is 2. The minimum absolute atomic E-state index is 0.151. The van der Waals surface area contributed by atoms with Crippen LogP contribution in [0.5, 0.6) is 0 Å². The van der Waals surface area contributed by atoms with Crippen LogP contribution in [0.15, 0.2) is 107 Å². The molecule has 3 N–H and O–H groups in total. The Kier molecular flexibility index (Phi) is 16.8. The van der Waals surface area contributed by atoms with Crippen molar-refractivity contribution >= 4 is 52.3 Å². The second-order valence-corrected chi connectivity index (χ2v) is 29.6. The van der Waals surface area contributed by atoms with Crippen LogP contribution in [0.1, 0.15) is 91.4 Å². The van der Waals surface area contributed by atoms with Gasteiger partial charge in [-0.3, -0.25) is 24.2 Å². The van der Waals surface area contributed by atoms with Crippen molar-refractivity contribution in [3.8, 4) is 22.3 Å². The topological polar surface area (TPSA) is 205 Å². The second-order valence-electron chi connectivity index (χ2n) is 29.6. The molecule has 502 valence electrons. The number of hydrogen-bond donors (Lipinski definition) is 3. The van der Waals surface area contributed by atoms with Crippen molar-refractivity contribution in [3.63, 3.8) is 0 Å². The van der Waals surface area contributed by atoms with Gasteiger partial charge in [-0.15, -0.1) is 0 Å². The maximum atomic E-state index is 13.3. The normalized spacial score (nSPS) is 20.8. The summed E-state index contributed by atoms with van der Waals surface area (Å²) in [6, 6.07) is 22.0. The molecule has 22 heteroatoms. The number of nitrogens with zero attached hydrogens (tertiary/aromatic N) is 14. The molecule has 0 bridgehead atoms. The van der Waals surface area contributed by atoms with Crippen molar-refractivity contribution in [2.75, 3.05) is 109 Å². The summed E-state index contributed by atoms with van der Waals surface area (Å²) in [5.74, 6) is 2.66. The van der Waals surface area contributed by atoms with E-state index in [0.717, 1.165) is 175 Å². The number of hydrogen-bond acceptors (Lipinski definition) is 18. The summed E-state index contributed by atoms with van der Waals surface area (Å²) < 4.78 is 18.9. The number of aromatic nitrogens is 8. The van der Waals surface area contributed by atoms with Crippen LogP contribution >= 0.6 is 0 Å². The van der Waals surface area contributed by atoms with E-state index in [1.54, 1.807) is 41.8 Å². The van der Waals surface area contributed by atoms with Crippen molar-refractivity contribution in [2.24, 2.45) is 24.9 Å². The van der Waals surface area contributed by atoms with Gasteiger partial charge >= 0.3 is 0 Å². The molecule has 0 radical (unpaired) electrons. The smallest absolute Gasteiger partial charge is 0.274 e. The fraction of sp³-hybridized carbons (Fsp3) is 0.473. The van der Waals surface area contributed by atoms with Crippen LogP contribution in [0.25, 0.3) is 22.3 Å². The highest BCUT2D eigenvalue weighted by atomic mass is 16.5. The van der Waals surface area contributed by atoms with Crippen LogP contribution in [0.4, 0.5) is 46.0 Å². The number of carbonyl (C=O) groups excluding carboxylic acids is 1. The van der Waals surface area contributed by atoms with E-state index in [9.17, 15) is 19.5 Å². The summed E-state index contributed by atoms with van der Waals surface area (Å²) in [6.45, 7) is 27.8. The number of rotatable bonds is 14. The SMILES string of the molecule is C[C@H]1CN(C2COC2)CCN1c1ccc(Nc2cc(-c3ccnc(N4CCn5c(cc6c5CC(C)(C)C6)C4)c3C=O)cn(C)c2=O)nc1.C[C@H]1CN(C2COC2)CCN1c1ccc(Nc2cc(-c3ccnc(N4CCn5c(cc6c5CC(C)(C)C6)C4)c3CO)cn(C)c2=O)nc1. The molecule has 2 aliphatic carbocycles. The van der Waals surface area contributed by atoms with Gasteiger partial charge in [-0.2, -0.15) is 0 Å². The molecule has 0 amide bonds. The molecule has 8 aromatic heterocycles. The van der Waals surface area contributed by atoms with Gasteiger partial charge in [0.1, 0.15) is 34.6 Å². The number of carbonyl (C=O) groups is 1. The van der Waals surface area contributed by atoms with Gasteiger partial charge in [-0.1, -0.05) is 27.7 Å². The fourth-order valence-corrected chi connectivity index (χ4v) is 16.3. The third kappa shape index (κ3) is 12.2. The molecule has 4 fully saturated rings. The number of piperazine rings is 2. The third-order valence-electron chi connectivity index (χ3n) is 21.4. The summed E-state index contributed by atoms with van der Waals surface area (Å²) in [5, 5.41) is 17.2. The van der Waals surface area contributed by atoms with Crippen molar-refractivity contribution in [3.05, 3.63) is 164 Å². The van der Waals surface area contributed by atoms with Crippen LogP contribution in [0.2, 0.25) is 0 Å². The molecule has 0 unspecified atom stereocenters. The van der Waals surface area contributed by atoms with Crippen molar-refractivity contribution in [1.29, 1.82) is 0 Å². The Hall–Kier alpha value is -8.67. The first-order valence-corrected chi connectivity index (χ1v) is 34.3. The molecule has 2 atom stereocenters. The number of ether oxygens (including phenoxy) is 2. The van der Waals surface area contributed by atoms with Gasteiger partial charge in [0.15, 0.2) is 6.29 Å². The molecular formula is C74H90N16O6. The Bertz CT molecular complexity index is 4370. The van der Waals surface area contributed by atoms with Crippen LogP contribution in [-0.2, 0) is 82.0 Å². The lowest BCUT2D eigenvalue weighted by Crippen LogP contribution is -2.59. The number of anilines is 8. The molecule has 0 spiro atoms. The van der Waals surface area contributed by atoms with Crippen molar-refractivity contribution in [1.82, 2.24) is 48.0 Å². The minimum atomic E-state index is -0.177. The Morgan fingerprint density at radius 2 is 1.04 bits per heavy atom. The van der Waals surface area contributed by atoms with E-state index in [1.807, 2.05) is 55.0 Å². The number of aldehydes is 1. The van der Waals surface area contributed by atoms with Crippen LogP contribution < -0.4 is 41.4 Å². The standard InChI is InChI=1S/C37H46N8O3.C37H44N8O3/c2*1-24-18-42(29-22-48-23-29)9-11-44(24)27-5-6-34(39-17-27)40-32-14-26(19-41(4)36(32)47)30-7-8-38-35(31(30)21-46)43-10-12-45-28(20-43)13-25-15-37(2,3)16-33(25)45/h5-8,13-14,17,19,24,29,46H,9-12,15-16,18,20-23H2,1-4H3,(H,39,40);5-8,13-14,17,19,21,24,29H,9-12,15-16,18,20,22-23H2,1-4H3,(H,39,40)/t2*24-/m00/s1. The van der Waals surface area contributed by atoms with Gasteiger partial charge in [0.05, 0.1) is 87.5 Å². The van der Waals surface area contributed by atoms with Gasteiger partial charge in [-0.05, 0) is 133 Å². The highest BCUT2D eigenvalue weighted by Gasteiger charge is 2.38. The molecule has 14 heterocycles. The third-order valence-corrected chi connectivity index (χ3v) is 21.4. The minimum Gasteiger partial charge on any atom is -0.392 e. The number of aryl methyl sites for hydroxylation is 2. The van der Waals surface area contributed by atoms with Gasteiger partial charge in [0.2, 0.25) is 0 Å². The van der Waals surface area contributed by atoms with Gasteiger partial charge in [0, 0.05) is 156 Å². The zero-order chi connectivity index (χ0) is 66.3. The molecule has 8 aromatic rings. The summed E-state index contributed by atoms with van der Waals surface area (Å²) in [5.41, 5.74) is 16.2. The van der Waals surface area contributed by atoms with Crippen molar-refractivity contribution in [2.45, 2.75) is 124 Å². The van der Waals surface area contributed by atoms with Gasteiger partial charge in [-0.25, -0.2) is 19.9 Å². The number of aliphatic hydroxyl groups is 1. The lowest BCUT2D eigenvalue weighted by atomic mass is 9.90. The molecule has 22 nitrogen and oxygen atoms in total. The second kappa shape index (κ2) is 25.4. The number of aliphatic hydroxyl groups excluding tert-OH is 1. The highest BCUT2D eigenvalue weighted by molar-refractivity contribution is 5.94. The lowest BCUT2D eigenvalue weighted by Gasteiger charge is -2.46. The number of fused-ring (bicyclic) bond motifs is 6. The summed E-state index contributed by atoms with van der Waals surface area (Å²) in [6.07, 6.45) is 16.3. The molecule has 8 aliphatic rings. The largest absolute Gasteiger partial charge is 0.392 e. The first-order chi connectivity index (χ1) is 46.3. The molecule has 0 aromatic carbocycles. The molecule has 16 rings (SSSR count). The van der Waals surface area contributed by atoms with Crippen LogP contribution in [0, 0.1) is 10.8 Å². The van der Waals surface area contributed by atoms with Gasteiger partial charge < -0.3 is 63.1 Å². The van der Waals surface area contributed by atoms with E-state index >= 15 is 0 Å². The molecular weight excluding hydrogens is 1210 g/mol. The van der Waals surface area contributed by atoms with E-state index in [0.29, 0.717) is 75.9 Å². The summed E-state index contributed by atoms with van der Waals surface area (Å²) >= 11 is 0. The maximum Gasteiger partial charge on any atom is 0.274 e. The highest BCUT2D eigenvalue weighted by Crippen LogP contribution is 2.43. The predicted octanol–water partition coefficient (Wildman–Crippen LogP) is 8.19. The van der Waals surface area contributed by atoms with E-state index < -0.39 is 0 Å². The van der Waals surface area contributed by atoms with Gasteiger partial charge in [0.25, 0.3) is 11.1 Å². The average Bonchev–Trinajstić information content (AvgIpc) is 1.60. The Balaban J connectivity index is 0.000000158. The zero-order valence-corrected chi connectivity index (χ0v) is 56.7. The zero-order valence-electron chi connectivity index (χ0n) is 56.7. The van der Waals surface area contributed by atoms with E-state index in [-0.39, 0.29) is 17.7 Å². The van der Waals surface area contributed by atoms with E-state index in [2.05, 4.69) is 120 Å². The maximum absolute atomic E-state index is 13.3. The Morgan fingerprint density at radius 3 is 1.48 bits per heavy atom. The monoisotopic (exact) mass is 1300 g/mol. The molecule has 6 aliphatic heterocycles. The van der Waals surface area contributed by atoms with Crippen LogP contribution in [-0.4, -0.2) is 162 Å². The van der Waals surface area contributed by atoms with Crippen LogP contribution in [0.3, 0.4) is 0 Å². The summed E-state index contributed by atoms with van der Waals surface area (Å²) in [4.78, 5) is 72.4. The summed E-state index contributed by atoms with van der Waals surface area (Å²) in [7, 11) is 3.48. The van der Waals surface area contributed by atoms with E-state index in [4.69, 9.17) is 24.4 Å². The predicted molar refractivity (Wildman–Crippen MR) is 375 cm³/mol. The van der Waals surface area contributed by atoms with Crippen molar-refractivity contribution < 1.29 is 19.4 Å². The molecule has 4 saturated heterocycles. The quantitative estimate of drug-likeness (QED) is 0.0878. The average molecular weight is 1300 g/mol. The van der Waals surface area contributed by atoms with E-state index in [1.165, 1.54) is 33.9 Å². The first-order valence-electron chi connectivity index (χ1n) is 34.3. The first kappa shape index (κ1) is 63.4. The Morgan fingerprint density at radius 1 is 0.573 bits per heavy atom. The number of pyridine rings is 6. The lowest BCUT2D eigenvalue weighted by molar-refractivity contribution is -0.0691. The fourth-order valence-electron chi connectivity index (χ4n) is 16.3.